The average Bonchev–Trinajstić information content (AvgIpc) is 2.15. The first kappa shape index (κ1) is 9.96. The van der Waals surface area contributed by atoms with E-state index in [1.54, 1.807) is 7.11 Å². The molecule has 1 atom stereocenters. The number of nitrogens with zero attached hydrogens (tertiary/aromatic N) is 1. The van der Waals surface area contributed by atoms with Gasteiger partial charge in [-0.2, -0.15) is 0 Å². The highest BCUT2D eigenvalue weighted by atomic mass is 16.5. The van der Waals surface area contributed by atoms with Gasteiger partial charge in [-0.25, -0.2) is 0 Å². The molecule has 3 heteroatoms. The Bertz CT molecular complexity index is 119. The second kappa shape index (κ2) is 5.51. The SMILES string of the molecule is CO[C@@H]1CCCN(CCCN)C1. The second-order valence-electron chi connectivity index (χ2n) is 3.44. The van der Waals surface area contributed by atoms with Gasteiger partial charge in [-0.1, -0.05) is 0 Å². The minimum Gasteiger partial charge on any atom is -0.380 e. The number of piperidine rings is 1. The summed E-state index contributed by atoms with van der Waals surface area (Å²) in [4.78, 5) is 2.45. The summed E-state index contributed by atoms with van der Waals surface area (Å²) in [5.74, 6) is 0. The Morgan fingerprint density at radius 1 is 1.58 bits per heavy atom. The van der Waals surface area contributed by atoms with E-state index in [-0.39, 0.29) is 0 Å². The highest BCUT2D eigenvalue weighted by Crippen LogP contribution is 2.12. The molecular formula is C9H20N2O. The molecule has 2 N–H and O–H groups in total. The van der Waals surface area contributed by atoms with Crippen molar-refractivity contribution in [3.8, 4) is 0 Å². The van der Waals surface area contributed by atoms with E-state index in [0.29, 0.717) is 6.10 Å². The third-order valence-corrected chi connectivity index (χ3v) is 2.47. The molecule has 1 rings (SSSR count). The maximum atomic E-state index is 5.45. The molecule has 0 aromatic rings. The summed E-state index contributed by atoms with van der Waals surface area (Å²) in [7, 11) is 1.80. The van der Waals surface area contributed by atoms with Crippen LogP contribution in [0.5, 0.6) is 0 Å². The summed E-state index contributed by atoms with van der Waals surface area (Å²) in [6.07, 6.45) is 4.05. The van der Waals surface area contributed by atoms with Gasteiger partial charge in [-0.15, -0.1) is 0 Å². The second-order valence-corrected chi connectivity index (χ2v) is 3.44. The molecule has 12 heavy (non-hydrogen) atoms. The summed E-state index contributed by atoms with van der Waals surface area (Å²) < 4.78 is 5.33. The monoisotopic (exact) mass is 172 g/mol. The van der Waals surface area contributed by atoms with Crippen molar-refractivity contribution in [1.82, 2.24) is 4.90 Å². The molecule has 1 fully saturated rings. The molecule has 3 nitrogen and oxygen atoms in total. The van der Waals surface area contributed by atoms with Gasteiger partial charge in [0.1, 0.15) is 0 Å². The number of hydrogen-bond donors (Lipinski definition) is 1. The summed E-state index contributed by atoms with van der Waals surface area (Å²) in [5, 5.41) is 0. The van der Waals surface area contributed by atoms with Crippen LogP contribution in [0.3, 0.4) is 0 Å². The van der Waals surface area contributed by atoms with Gasteiger partial charge in [0, 0.05) is 13.7 Å². The quantitative estimate of drug-likeness (QED) is 0.669. The maximum absolute atomic E-state index is 5.45. The van der Waals surface area contributed by atoms with Crippen molar-refractivity contribution in [2.24, 2.45) is 5.73 Å². The highest BCUT2D eigenvalue weighted by molar-refractivity contribution is 4.72. The van der Waals surface area contributed by atoms with Crippen molar-refractivity contribution in [3.63, 3.8) is 0 Å². The fourth-order valence-corrected chi connectivity index (χ4v) is 1.72. The van der Waals surface area contributed by atoms with Crippen molar-refractivity contribution >= 4 is 0 Å². The van der Waals surface area contributed by atoms with Gasteiger partial charge in [0.25, 0.3) is 0 Å². The van der Waals surface area contributed by atoms with Crippen LogP contribution in [0.4, 0.5) is 0 Å². The van der Waals surface area contributed by atoms with Crippen LogP contribution in [0.1, 0.15) is 19.3 Å². The lowest BCUT2D eigenvalue weighted by atomic mass is 10.1. The van der Waals surface area contributed by atoms with E-state index in [9.17, 15) is 0 Å². The third-order valence-electron chi connectivity index (χ3n) is 2.47. The fourth-order valence-electron chi connectivity index (χ4n) is 1.72. The van der Waals surface area contributed by atoms with Gasteiger partial charge >= 0.3 is 0 Å². The zero-order valence-corrected chi connectivity index (χ0v) is 7.96. The predicted octanol–water partition coefficient (Wildman–Crippen LogP) is 0.446. The molecule has 1 aliphatic heterocycles. The first-order valence-corrected chi connectivity index (χ1v) is 4.82. The van der Waals surface area contributed by atoms with Crippen LogP contribution in [0.15, 0.2) is 0 Å². The number of hydrogen-bond acceptors (Lipinski definition) is 3. The summed E-state index contributed by atoms with van der Waals surface area (Å²) in [6, 6.07) is 0. The fraction of sp³-hybridized carbons (Fsp3) is 1.00. The molecule has 0 aliphatic carbocycles. The van der Waals surface area contributed by atoms with Crippen LogP contribution in [-0.2, 0) is 4.74 Å². The molecule has 0 spiro atoms. The summed E-state index contributed by atoms with van der Waals surface area (Å²) >= 11 is 0. The van der Waals surface area contributed by atoms with Gasteiger partial charge in [0.2, 0.25) is 0 Å². The normalized spacial score (nSPS) is 26.0. The van der Waals surface area contributed by atoms with Crippen molar-refractivity contribution < 1.29 is 4.74 Å². The lowest BCUT2D eigenvalue weighted by Gasteiger charge is -2.31. The molecule has 1 heterocycles. The molecule has 0 aromatic heterocycles. The van der Waals surface area contributed by atoms with Gasteiger partial charge in [-0.3, -0.25) is 0 Å². The van der Waals surface area contributed by atoms with Gasteiger partial charge in [0.15, 0.2) is 0 Å². The van der Waals surface area contributed by atoms with Crippen LogP contribution < -0.4 is 5.73 Å². The molecule has 0 bridgehead atoms. The Morgan fingerprint density at radius 2 is 2.42 bits per heavy atom. The van der Waals surface area contributed by atoms with E-state index in [0.717, 1.165) is 26.1 Å². The van der Waals surface area contributed by atoms with E-state index in [1.807, 2.05) is 0 Å². The average molecular weight is 172 g/mol. The Labute approximate surface area is 74.9 Å². The number of likely N-dealkylation sites (tertiary alicyclic amines) is 1. The lowest BCUT2D eigenvalue weighted by molar-refractivity contribution is 0.0313. The Balaban J connectivity index is 2.16. The van der Waals surface area contributed by atoms with Crippen LogP contribution in [0.25, 0.3) is 0 Å². The largest absolute Gasteiger partial charge is 0.380 e. The van der Waals surface area contributed by atoms with E-state index in [1.165, 1.54) is 19.4 Å². The van der Waals surface area contributed by atoms with Crippen LogP contribution in [-0.4, -0.2) is 44.3 Å². The first-order valence-electron chi connectivity index (χ1n) is 4.82. The van der Waals surface area contributed by atoms with E-state index in [4.69, 9.17) is 10.5 Å². The molecule has 0 saturated carbocycles. The number of rotatable bonds is 4. The van der Waals surface area contributed by atoms with Crippen LogP contribution in [0.2, 0.25) is 0 Å². The Kier molecular flexibility index (Phi) is 4.58. The first-order chi connectivity index (χ1) is 5.86. The molecule has 0 amide bonds. The van der Waals surface area contributed by atoms with Gasteiger partial charge in [0.05, 0.1) is 6.10 Å². The van der Waals surface area contributed by atoms with Gasteiger partial charge < -0.3 is 15.4 Å². The Morgan fingerprint density at radius 3 is 3.08 bits per heavy atom. The number of nitrogens with two attached hydrogens (primary N) is 1. The predicted molar refractivity (Wildman–Crippen MR) is 50.1 cm³/mol. The highest BCUT2D eigenvalue weighted by Gasteiger charge is 2.18. The van der Waals surface area contributed by atoms with Gasteiger partial charge in [-0.05, 0) is 38.9 Å². The van der Waals surface area contributed by atoms with Crippen molar-refractivity contribution in [3.05, 3.63) is 0 Å². The minimum absolute atomic E-state index is 0.455. The molecule has 1 saturated heterocycles. The molecule has 1 aliphatic rings. The zero-order valence-electron chi connectivity index (χ0n) is 7.96. The molecule has 0 unspecified atom stereocenters. The third kappa shape index (κ3) is 3.09. The van der Waals surface area contributed by atoms with Crippen molar-refractivity contribution in [2.75, 3.05) is 33.3 Å². The smallest absolute Gasteiger partial charge is 0.0698 e. The summed E-state index contributed by atoms with van der Waals surface area (Å²) in [5.41, 5.74) is 5.45. The molecule has 72 valence electrons. The zero-order chi connectivity index (χ0) is 8.81. The van der Waals surface area contributed by atoms with Crippen LogP contribution in [0, 0.1) is 0 Å². The van der Waals surface area contributed by atoms with E-state index >= 15 is 0 Å². The van der Waals surface area contributed by atoms with E-state index < -0.39 is 0 Å². The van der Waals surface area contributed by atoms with Crippen LogP contribution >= 0.6 is 0 Å². The molecule has 0 aromatic carbocycles. The number of methoxy groups -OCH3 is 1. The van der Waals surface area contributed by atoms with E-state index in [2.05, 4.69) is 4.90 Å². The minimum atomic E-state index is 0.455. The Hall–Kier alpha value is -0.120. The summed E-state index contributed by atoms with van der Waals surface area (Å²) in [6.45, 7) is 4.25. The molecule has 0 radical (unpaired) electrons. The standard InChI is InChI=1S/C9H20N2O/c1-12-9-4-2-6-11(8-9)7-3-5-10/h9H,2-8,10H2,1H3/t9-/m1/s1. The molecular weight excluding hydrogens is 152 g/mol. The topological polar surface area (TPSA) is 38.5 Å². The lowest BCUT2D eigenvalue weighted by Crippen LogP contribution is -2.40. The number of ether oxygens (including phenoxy) is 1. The maximum Gasteiger partial charge on any atom is 0.0698 e. The van der Waals surface area contributed by atoms with Crippen molar-refractivity contribution in [2.45, 2.75) is 25.4 Å². The van der Waals surface area contributed by atoms with Crippen molar-refractivity contribution in [1.29, 1.82) is 0 Å².